The summed E-state index contributed by atoms with van der Waals surface area (Å²) < 4.78 is 5.46. The first kappa shape index (κ1) is 8.30. The van der Waals surface area contributed by atoms with Crippen molar-refractivity contribution in [1.29, 1.82) is 0 Å². The fourth-order valence-corrected chi connectivity index (χ4v) is 1.68. The Balaban J connectivity index is 2.54. The summed E-state index contributed by atoms with van der Waals surface area (Å²) in [5.74, 6) is 0.814. The highest BCUT2D eigenvalue weighted by Crippen LogP contribution is 2.27. The number of hydrogen-bond donors (Lipinski definition) is 0. The van der Waals surface area contributed by atoms with Crippen LogP contribution in [0.4, 0.5) is 0 Å². The van der Waals surface area contributed by atoms with E-state index in [1.807, 2.05) is 12.3 Å². The minimum absolute atomic E-state index is 0.798. The molecule has 1 aliphatic rings. The smallest absolute Gasteiger partial charge is 0.216 e. The van der Waals surface area contributed by atoms with Crippen LogP contribution >= 0.6 is 0 Å². The molecule has 0 bridgehead atoms. The lowest BCUT2D eigenvalue weighted by molar-refractivity contribution is 0.275. The summed E-state index contributed by atoms with van der Waals surface area (Å²) in [6.45, 7) is 6.66. The summed E-state index contributed by atoms with van der Waals surface area (Å²) in [5, 5.41) is 0. The monoisotopic (exact) mass is 175 g/mol. The molecule has 2 nitrogen and oxygen atoms in total. The van der Waals surface area contributed by atoms with Gasteiger partial charge in [-0.2, -0.15) is 0 Å². The molecule has 0 fully saturated rings. The largest absolute Gasteiger partial charge is 0.477 e. The predicted octanol–water partition coefficient (Wildman–Crippen LogP) is 2.36. The molecule has 0 radical (unpaired) electrons. The Morgan fingerprint density at radius 2 is 2.46 bits per heavy atom. The summed E-state index contributed by atoms with van der Waals surface area (Å²) in [4.78, 5) is 4.26. The molecule has 0 saturated heterocycles. The lowest BCUT2D eigenvalue weighted by Crippen LogP contribution is -2.11. The normalized spacial score (nSPS) is 14.5. The third-order valence-corrected chi connectivity index (χ3v) is 2.49. The first-order chi connectivity index (χ1) is 6.33. The van der Waals surface area contributed by atoms with Crippen molar-refractivity contribution >= 4 is 6.08 Å². The van der Waals surface area contributed by atoms with Crippen molar-refractivity contribution in [3.63, 3.8) is 0 Å². The summed E-state index contributed by atoms with van der Waals surface area (Å²) in [6, 6.07) is 0. The van der Waals surface area contributed by atoms with Crippen LogP contribution in [0.25, 0.3) is 6.08 Å². The number of rotatable bonds is 1. The van der Waals surface area contributed by atoms with Gasteiger partial charge in [0.05, 0.1) is 6.61 Å². The van der Waals surface area contributed by atoms with Gasteiger partial charge in [-0.15, -0.1) is 0 Å². The zero-order valence-electron chi connectivity index (χ0n) is 7.84. The number of hydrogen-bond acceptors (Lipinski definition) is 2. The molecule has 13 heavy (non-hydrogen) atoms. The number of aromatic nitrogens is 1. The van der Waals surface area contributed by atoms with Crippen LogP contribution in [0.5, 0.6) is 5.88 Å². The van der Waals surface area contributed by atoms with Crippen molar-refractivity contribution in [1.82, 2.24) is 4.98 Å². The van der Waals surface area contributed by atoms with E-state index in [-0.39, 0.29) is 0 Å². The van der Waals surface area contributed by atoms with Crippen LogP contribution in [0.15, 0.2) is 12.8 Å². The first-order valence-electron chi connectivity index (χ1n) is 4.56. The molecular weight excluding hydrogens is 162 g/mol. The maximum Gasteiger partial charge on any atom is 0.216 e. The average Bonchev–Trinajstić information content (AvgIpc) is 2.19. The Bertz CT molecular complexity index is 344. The number of nitrogens with zero attached hydrogens (tertiary/aromatic N) is 1. The number of ether oxygens (including phenoxy) is 1. The molecular formula is C11H13NO. The molecule has 2 heterocycles. The summed E-state index contributed by atoms with van der Waals surface area (Å²) in [5.41, 5.74) is 3.63. The van der Waals surface area contributed by atoms with Gasteiger partial charge in [0.2, 0.25) is 5.88 Å². The molecule has 0 saturated carbocycles. The maximum atomic E-state index is 5.46. The van der Waals surface area contributed by atoms with Crippen molar-refractivity contribution in [3.8, 4) is 5.88 Å². The van der Waals surface area contributed by atoms with Crippen molar-refractivity contribution in [2.45, 2.75) is 19.8 Å². The Labute approximate surface area is 78.3 Å². The van der Waals surface area contributed by atoms with E-state index in [0.29, 0.717) is 0 Å². The lowest BCUT2D eigenvalue weighted by atomic mass is 10.0. The van der Waals surface area contributed by atoms with Crippen molar-refractivity contribution in [2.75, 3.05) is 6.61 Å². The van der Waals surface area contributed by atoms with Gasteiger partial charge in [0.1, 0.15) is 0 Å². The van der Waals surface area contributed by atoms with Crippen molar-refractivity contribution in [2.24, 2.45) is 0 Å². The standard InChI is InChI=1S/C11H13NO/c1-3-9-7-12-11-10(8(9)2)5-4-6-13-11/h3,7H,1,4-6H2,2H3. The Kier molecular flexibility index (Phi) is 2.05. The first-order valence-corrected chi connectivity index (χ1v) is 4.56. The molecule has 2 heteroatoms. The quantitative estimate of drug-likeness (QED) is 0.653. The lowest BCUT2D eigenvalue weighted by Gasteiger charge is -2.18. The highest BCUT2D eigenvalue weighted by Gasteiger charge is 2.14. The predicted molar refractivity (Wildman–Crippen MR) is 52.9 cm³/mol. The van der Waals surface area contributed by atoms with Gasteiger partial charge in [-0.25, -0.2) is 4.98 Å². The molecule has 2 rings (SSSR count). The highest BCUT2D eigenvalue weighted by atomic mass is 16.5. The average molecular weight is 175 g/mol. The zero-order valence-corrected chi connectivity index (χ0v) is 7.84. The fourth-order valence-electron chi connectivity index (χ4n) is 1.68. The van der Waals surface area contributed by atoms with Gasteiger partial charge in [0.25, 0.3) is 0 Å². The van der Waals surface area contributed by atoms with Gasteiger partial charge in [-0.05, 0) is 30.9 Å². The van der Waals surface area contributed by atoms with E-state index in [1.54, 1.807) is 0 Å². The van der Waals surface area contributed by atoms with E-state index < -0.39 is 0 Å². The molecule has 1 aliphatic heterocycles. The van der Waals surface area contributed by atoms with Crippen LogP contribution in [0, 0.1) is 6.92 Å². The van der Waals surface area contributed by atoms with Crippen LogP contribution < -0.4 is 4.74 Å². The van der Waals surface area contributed by atoms with Gasteiger partial charge in [-0.1, -0.05) is 12.7 Å². The topological polar surface area (TPSA) is 22.1 Å². The summed E-state index contributed by atoms with van der Waals surface area (Å²) >= 11 is 0. The SMILES string of the molecule is C=Cc1cnc2c(c1C)CCCO2. The van der Waals surface area contributed by atoms with Crippen LogP contribution in [0.2, 0.25) is 0 Å². The third kappa shape index (κ3) is 1.32. The Morgan fingerprint density at radius 1 is 1.62 bits per heavy atom. The summed E-state index contributed by atoms with van der Waals surface area (Å²) in [7, 11) is 0. The highest BCUT2D eigenvalue weighted by molar-refractivity contribution is 5.54. The van der Waals surface area contributed by atoms with Crippen molar-refractivity contribution < 1.29 is 4.74 Å². The minimum Gasteiger partial charge on any atom is -0.477 e. The van der Waals surface area contributed by atoms with Crippen LogP contribution in [0.1, 0.15) is 23.1 Å². The molecule has 0 spiro atoms. The summed E-state index contributed by atoms with van der Waals surface area (Å²) in [6.07, 6.45) is 5.84. The second-order valence-corrected chi connectivity index (χ2v) is 3.28. The van der Waals surface area contributed by atoms with Gasteiger partial charge >= 0.3 is 0 Å². The Morgan fingerprint density at radius 3 is 3.23 bits per heavy atom. The van der Waals surface area contributed by atoms with E-state index in [2.05, 4.69) is 18.5 Å². The van der Waals surface area contributed by atoms with Gasteiger partial charge < -0.3 is 4.74 Å². The maximum absolute atomic E-state index is 5.46. The molecule has 0 aromatic carbocycles. The second-order valence-electron chi connectivity index (χ2n) is 3.28. The minimum atomic E-state index is 0.798. The van der Waals surface area contributed by atoms with E-state index >= 15 is 0 Å². The fraction of sp³-hybridized carbons (Fsp3) is 0.364. The van der Waals surface area contributed by atoms with Crippen LogP contribution in [-0.2, 0) is 6.42 Å². The van der Waals surface area contributed by atoms with Gasteiger partial charge in [0, 0.05) is 11.8 Å². The molecule has 1 aromatic heterocycles. The molecule has 0 atom stereocenters. The number of pyridine rings is 1. The zero-order chi connectivity index (χ0) is 9.26. The van der Waals surface area contributed by atoms with Gasteiger partial charge in [-0.3, -0.25) is 0 Å². The van der Waals surface area contributed by atoms with Crippen LogP contribution in [-0.4, -0.2) is 11.6 Å². The van der Waals surface area contributed by atoms with Crippen LogP contribution in [0.3, 0.4) is 0 Å². The van der Waals surface area contributed by atoms with E-state index in [1.165, 1.54) is 11.1 Å². The van der Waals surface area contributed by atoms with E-state index in [9.17, 15) is 0 Å². The second kappa shape index (κ2) is 3.21. The molecule has 1 aromatic rings. The Hall–Kier alpha value is -1.31. The van der Waals surface area contributed by atoms with Gasteiger partial charge in [0.15, 0.2) is 0 Å². The molecule has 0 amide bonds. The molecule has 68 valence electrons. The van der Waals surface area contributed by atoms with E-state index in [4.69, 9.17) is 4.74 Å². The third-order valence-electron chi connectivity index (χ3n) is 2.49. The molecule has 0 unspecified atom stereocenters. The molecule has 0 aliphatic carbocycles. The number of fused-ring (bicyclic) bond motifs is 1. The van der Waals surface area contributed by atoms with Crippen molar-refractivity contribution in [3.05, 3.63) is 29.5 Å². The van der Waals surface area contributed by atoms with E-state index in [0.717, 1.165) is 30.9 Å². The molecule has 0 N–H and O–H groups in total.